The van der Waals surface area contributed by atoms with E-state index in [1.807, 2.05) is 6.92 Å². The number of nitrogens with zero attached hydrogens (tertiary/aromatic N) is 1. The minimum atomic E-state index is -3.31. The van der Waals surface area contributed by atoms with Gasteiger partial charge in [0.05, 0.1) is 32.0 Å². The van der Waals surface area contributed by atoms with Crippen LogP contribution in [-0.2, 0) is 10.0 Å². The highest BCUT2D eigenvalue weighted by Gasteiger charge is 2.16. The molecule has 6 nitrogen and oxygen atoms in total. The van der Waals surface area contributed by atoms with Gasteiger partial charge >= 0.3 is 0 Å². The lowest BCUT2D eigenvalue weighted by atomic mass is 10.0. The zero-order valence-electron chi connectivity index (χ0n) is 17.0. The normalized spacial score (nSPS) is 15.3. The van der Waals surface area contributed by atoms with Gasteiger partial charge in [0.15, 0.2) is 0 Å². The summed E-state index contributed by atoms with van der Waals surface area (Å²) in [7, 11) is -3.31. The van der Waals surface area contributed by atoms with E-state index in [2.05, 4.69) is 11.6 Å². The number of aliphatic hydroxyl groups excluding tert-OH is 1. The zero-order chi connectivity index (χ0) is 20.3. The lowest BCUT2D eigenvalue weighted by molar-refractivity contribution is -0.879. The molecular formula is C20H36N2O4S. The Balaban J connectivity index is 2.42. The minimum Gasteiger partial charge on any atom is -0.633 e. The van der Waals surface area contributed by atoms with Crippen LogP contribution in [0.2, 0.25) is 0 Å². The Morgan fingerprint density at radius 3 is 2.19 bits per heavy atom. The number of benzene rings is 1. The standard InChI is InChI=1S/C20H36N2O4S/c1-4-6-7-8-9-16-22(24,5-2)17-10-11-20(23)18-12-14-19(15-13-18)21-27(3,25)26/h12-15,20-21,23H,4-11,16-17H2,1-3H3. The Hall–Kier alpha value is -1.15. The van der Waals surface area contributed by atoms with E-state index in [0.29, 0.717) is 38.2 Å². The average molecular weight is 401 g/mol. The van der Waals surface area contributed by atoms with Crippen molar-refractivity contribution >= 4 is 15.7 Å². The number of hydroxylamine groups is 3. The summed E-state index contributed by atoms with van der Waals surface area (Å²) in [6, 6.07) is 6.70. The molecule has 27 heavy (non-hydrogen) atoms. The summed E-state index contributed by atoms with van der Waals surface area (Å²) in [5, 5.41) is 23.1. The molecular weight excluding hydrogens is 364 g/mol. The van der Waals surface area contributed by atoms with Crippen molar-refractivity contribution in [1.82, 2.24) is 0 Å². The maximum Gasteiger partial charge on any atom is 0.229 e. The molecule has 0 aliphatic heterocycles. The summed E-state index contributed by atoms with van der Waals surface area (Å²) >= 11 is 0. The molecule has 0 saturated heterocycles. The van der Waals surface area contributed by atoms with Crippen molar-refractivity contribution in [3.05, 3.63) is 35.0 Å². The summed E-state index contributed by atoms with van der Waals surface area (Å²) in [6.45, 7) is 5.86. The number of hydrogen-bond acceptors (Lipinski definition) is 4. The predicted octanol–water partition coefficient (Wildman–Crippen LogP) is 4.18. The molecule has 2 N–H and O–H groups in total. The summed E-state index contributed by atoms with van der Waals surface area (Å²) in [5.74, 6) is 0. The third-order valence-electron chi connectivity index (χ3n) is 4.89. The van der Waals surface area contributed by atoms with Gasteiger partial charge in [-0.3, -0.25) is 4.72 Å². The Morgan fingerprint density at radius 1 is 1.04 bits per heavy atom. The number of aliphatic hydroxyl groups is 1. The number of sulfonamides is 1. The van der Waals surface area contributed by atoms with Gasteiger partial charge < -0.3 is 15.0 Å². The maximum absolute atomic E-state index is 12.8. The van der Waals surface area contributed by atoms with E-state index in [1.54, 1.807) is 24.3 Å². The fourth-order valence-electron chi connectivity index (χ4n) is 3.16. The van der Waals surface area contributed by atoms with Gasteiger partial charge in [-0.2, -0.15) is 0 Å². The SMILES string of the molecule is CCCCCCC[N+]([O-])(CC)CCCC(O)c1ccc(NS(C)(=O)=O)cc1. The topological polar surface area (TPSA) is 89.5 Å². The first kappa shape index (κ1) is 23.9. The van der Waals surface area contributed by atoms with E-state index in [-0.39, 0.29) is 4.65 Å². The van der Waals surface area contributed by atoms with Crippen molar-refractivity contribution in [1.29, 1.82) is 0 Å². The summed E-state index contributed by atoms with van der Waals surface area (Å²) in [4.78, 5) is 0. The van der Waals surface area contributed by atoms with Crippen LogP contribution in [0.3, 0.4) is 0 Å². The summed E-state index contributed by atoms with van der Waals surface area (Å²) < 4.78 is 24.6. The molecule has 156 valence electrons. The number of anilines is 1. The maximum atomic E-state index is 12.8. The third-order valence-corrected chi connectivity index (χ3v) is 5.49. The molecule has 0 amide bonds. The Morgan fingerprint density at radius 2 is 1.63 bits per heavy atom. The molecule has 0 saturated carbocycles. The number of nitrogens with one attached hydrogen (secondary N) is 1. The first-order chi connectivity index (χ1) is 12.7. The van der Waals surface area contributed by atoms with E-state index < -0.39 is 16.1 Å². The molecule has 2 unspecified atom stereocenters. The van der Waals surface area contributed by atoms with E-state index in [4.69, 9.17) is 0 Å². The van der Waals surface area contributed by atoms with E-state index >= 15 is 0 Å². The summed E-state index contributed by atoms with van der Waals surface area (Å²) in [6.07, 6.45) is 7.36. The smallest absolute Gasteiger partial charge is 0.229 e. The fourth-order valence-corrected chi connectivity index (χ4v) is 3.72. The molecule has 0 fully saturated rings. The first-order valence-electron chi connectivity index (χ1n) is 10.0. The van der Waals surface area contributed by atoms with E-state index in [1.165, 1.54) is 19.3 Å². The molecule has 0 heterocycles. The molecule has 7 heteroatoms. The van der Waals surface area contributed by atoms with Crippen molar-refractivity contribution in [2.45, 2.75) is 64.9 Å². The number of hydrogen-bond donors (Lipinski definition) is 2. The number of rotatable bonds is 14. The molecule has 0 aromatic heterocycles. The molecule has 0 bridgehead atoms. The number of unbranched alkanes of at least 4 members (excludes halogenated alkanes) is 4. The van der Waals surface area contributed by atoms with E-state index in [0.717, 1.165) is 24.7 Å². The third kappa shape index (κ3) is 10.1. The van der Waals surface area contributed by atoms with Gasteiger partial charge in [-0.05, 0) is 50.3 Å². The van der Waals surface area contributed by atoms with Crippen molar-refractivity contribution < 1.29 is 18.2 Å². The van der Waals surface area contributed by atoms with Crippen LogP contribution >= 0.6 is 0 Å². The highest BCUT2D eigenvalue weighted by atomic mass is 32.2. The van der Waals surface area contributed by atoms with Gasteiger partial charge in [0.1, 0.15) is 0 Å². The van der Waals surface area contributed by atoms with E-state index in [9.17, 15) is 18.7 Å². The molecule has 1 aromatic carbocycles. The van der Waals surface area contributed by atoms with Crippen LogP contribution in [0.15, 0.2) is 24.3 Å². The van der Waals surface area contributed by atoms with Crippen LogP contribution in [0.25, 0.3) is 0 Å². The van der Waals surface area contributed by atoms with Crippen LogP contribution < -0.4 is 4.72 Å². The van der Waals surface area contributed by atoms with Gasteiger partial charge in [0, 0.05) is 5.69 Å². The van der Waals surface area contributed by atoms with Crippen LogP contribution in [0.5, 0.6) is 0 Å². The van der Waals surface area contributed by atoms with Crippen LogP contribution in [0, 0.1) is 5.21 Å². The molecule has 0 radical (unpaired) electrons. The fraction of sp³-hybridized carbons (Fsp3) is 0.700. The molecule has 0 spiro atoms. The lowest BCUT2D eigenvalue weighted by Crippen LogP contribution is -2.43. The van der Waals surface area contributed by atoms with Gasteiger partial charge in [-0.15, -0.1) is 0 Å². The van der Waals surface area contributed by atoms with Crippen LogP contribution in [0.4, 0.5) is 5.69 Å². The van der Waals surface area contributed by atoms with Gasteiger partial charge in [0.2, 0.25) is 10.0 Å². The van der Waals surface area contributed by atoms with Crippen LogP contribution in [0.1, 0.15) is 70.5 Å². The lowest BCUT2D eigenvalue weighted by Gasteiger charge is -2.42. The average Bonchev–Trinajstić information content (AvgIpc) is 2.60. The molecule has 0 aliphatic carbocycles. The monoisotopic (exact) mass is 400 g/mol. The zero-order valence-corrected chi connectivity index (χ0v) is 17.8. The second-order valence-corrected chi connectivity index (χ2v) is 9.14. The Kier molecular flexibility index (Phi) is 10.3. The summed E-state index contributed by atoms with van der Waals surface area (Å²) in [5.41, 5.74) is 1.20. The largest absolute Gasteiger partial charge is 0.633 e. The van der Waals surface area contributed by atoms with Crippen molar-refractivity contribution in [2.24, 2.45) is 0 Å². The predicted molar refractivity (Wildman–Crippen MR) is 112 cm³/mol. The van der Waals surface area contributed by atoms with Gasteiger partial charge in [0.25, 0.3) is 0 Å². The minimum absolute atomic E-state index is 0.184. The Bertz CT molecular complexity index is 634. The second-order valence-electron chi connectivity index (χ2n) is 7.39. The molecule has 1 aromatic rings. The quantitative estimate of drug-likeness (QED) is 0.278. The number of quaternary nitrogens is 1. The van der Waals surface area contributed by atoms with Gasteiger partial charge in [-0.1, -0.05) is 38.3 Å². The molecule has 0 aliphatic rings. The van der Waals surface area contributed by atoms with Crippen LogP contribution in [-0.4, -0.2) is 44.1 Å². The highest BCUT2D eigenvalue weighted by molar-refractivity contribution is 7.92. The first-order valence-corrected chi connectivity index (χ1v) is 11.9. The van der Waals surface area contributed by atoms with Crippen molar-refractivity contribution in [3.63, 3.8) is 0 Å². The molecule has 2 atom stereocenters. The van der Waals surface area contributed by atoms with Gasteiger partial charge in [-0.25, -0.2) is 8.42 Å². The second kappa shape index (κ2) is 11.6. The van der Waals surface area contributed by atoms with Crippen molar-refractivity contribution in [3.8, 4) is 0 Å². The molecule has 1 rings (SSSR count). The van der Waals surface area contributed by atoms with Crippen molar-refractivity contribution in [2.75, 3.05) is 30.6 Å². The Labute approximate surface area is 164 Å². The highest BCUT2D eigenvalue weighted by Crippen LogP contribution is 2.22.